The molecule has 1 unspecified atom stereocenters. The van der Waals surface area contributed by atoms with Gasteiger partial charge >= 0.3 is 0 Å². The Balaban J connectivity index is 2.57. The van der Waals surface area contributed by atoms with Crippen LogP contribution >= 0.6 is 0 Å². The van der Waals surface area contributed by atoms with Crippen LogP contribution in [0.1, 0.15) is 24.9 Å². The molecular formula is C12H15NO. The van der Waals surface area contributed by atoms with Crippen LogP contribution in [0.25, 0.3) is 0 Å². The lowest BCUT2D eigenvalue weighted by Crippen LogP contribution is -2.19. The van der Waals surface area contributed by atoms with Gasteiger partial charge in [0.15, 0.2) is 0 Å². The molecule has 0 radical (unpaired) electrons. The molecule has 1 aromatic carbocycles. The number of phenols is 1. The van der Waals surface area contributed by atoms with Crippen molar-refractivity contribution < 1.29 is 5.11 Å². The molecule has 14 heavy (non-hydrogen) atoms. The van der Waals surface area contributed by atoms with Crippen molar-refractivity contribution in [3.63, 3.8) is 0 Å². The first-order valence-corrected chi connectivity index (χ1v) is 4.70. The smallest absolute Gasteiger partial charge is 0.120 e. The van der Waals surface area contributed by atoms with E-state index in [1.54, 1.807) is 6.07 Å². The maximum absolute atomic E-state index is 9.56. The second kappa shape index (κ2) is 5.31. The molecule has 0 aromatic heterocycles. The van der Waals surface area contributed by atoms with Crippen LogP contribution in [-0.4, -0.2) is 11.7 Å². The van der Waals surface area contributed by atoms with E-state index in [0.717, 1.165) is 12.1 Å². The van der Waals surface area contributed by atoms with E-state index < -0.39 is 0 Å². The van der Waals surface area contributed by atoms with Crippen LogP contribution in [0.2, 0.25) is 0 Å². The maximum Gasteiger partial charge on any atom is 0.120 e. The highest BCUT2D eigenvalue weighted by molar-refractivity contribution is 5.34. The number of rotatable bonds is 4. The van der Waals surface area contributed by atoms with E-state index in [1.807, 2.05) is 25.1 Å². The Kier molecular flexibility index (Phi) is 4.03. The topological polar surface area (TPSA) is 32.3 Å². The van der Waals surface area contributed by atoms with Crippen LogP contribution in [0.4, 0.5) is 0 Å². The van der Waals surface area contributed by atoms with Gasteiger partial charge in [-0.15, -0.1) is 12.3 Å². The number of hydrogen-bond donors (Lipinski definition) is 2. The minimum absolute atomic E-state index is 0.129. The number of nitrogens with one attached hydrogen (secondary N) is 1. The lowest BCUT2D eigenvalue weighted by Gasteiger charge is -2.14. The van der Waals surface area contributed by atoms with Crippen molar-refractivity contribution in [3.05, 3.63) is 29.8 Å². The van der Waals surface area contributed by atoms with Crippen molar-refractivity contribution >= 4 is 0 Å². The monoisotopic (exact) mass is 189 g/mol. The first-order chi connectivity index (χ1) is 6.75. The summed E-state index contributed by atoms with van der Waals surface area (Å²) < 4.78 is 0. The largest absolute Gasteiger partial charge is 0.508 e. The van der Waals surface area contributed by atoms with Crippen LogP contribution < -0.4 is 5.32 Å². The third-order valence-electron chi connectivity index (χ3n) is 2.12. The van der Waals surface area contributed by atoms with Crippen molar-refractivity contribution in [2.75, 3.05) is 6.54 Å². The summed E-state index contributed by atoms with van der Waals surface area (Å²) in [7, 11) is 0. The molecule has 1 aromatic rings. The van der Waals surface area contributed by atoms with Crippen molar-refractivity contribution in [2.45, 2.75) is 19.4 Å². The lowest BCUT2D eigenvalue weighted by molar-refractivity contribution is 0.453. The molecule has 2 nitrogen and oxygen atoms in total. The third kappa shape index (κ3) is 2.79. The van der Waals surface area contributed by atoms with Crippen LogP contribution in [0.3, 0.4) is 0 Å². The van der Waals surface area contributed by atoms with Crippen LogP contribution in [0, 0.1) is 12.3 Å². The summed E-state index contributed by atoms with van der Waals surface area (Å²) in [6, 6.07) is 7.45. The highest BCUT2D eigenvalue weighted by Crippen LogP contribution is 2.22. The minimum atomic E-state index is 0.129. The molecular weight excluding hydrogens is 174 g/mol. The second-order valence-corrected chi connectivity index (χ2v) is 3.19. The van der Waals surface area contributed by atoms with E-state index in [1.165, 1.54) is 0 Å². The summed E-state index contributed by atoms with van der Waals surface area (Å²) in [6.07, 6.45) is 5.85. The standard InChI is InChI=1S/C12H15NO/c1-3-4-9-13-10(2)11-7-5-6-8-12(11)14/h1,5-8,10,13-14H,4,9H2,2H3. The summed E-state index contributed by atoms with van der Waals surface area (Å²) in [5, 5.41) is 12.8. The molecule has 1 atom stereocenters. The molecule has 74 valence electrons. The summed E-state index contributed by atoms with van der Waals surface area (Å²) in [4.78, 5) is 0. The zero-order valence-corrected chi connectivity index (χ0v) is 8.33. The number of hydrogen-bond acceptors (Lipinski definition) is 2. The molecule has 0 spiro atoms. The first-order valence-electron chi connectivity index (χ1n) is 4.70. The van der Waals surface area contributed by atoms with Crippen molar-refractivity contribution in [1.29, 1.82) is 0 Å². The number of para-hydroxylation sites is 1. The van der Waals surface area contributed by atoms with Crippen molar-refractivity contribution in [2.24, 2.45) is 0 Å². The quantitative estimate of drug-likeness (QED) is 0.561. The van der Waals surface area contributed by atoms with Gasteiger partial charge in [-0.1, -0.05) is 18.2 Å². The van der Waals surface area contributed by atoms with E-state index >= 15 is 0 Å². The SMILES string of the molecule is C#CCCNC(C)c1ccccc1O. The molecule has 0 amide bonds. The van der Waals surface area contributed by atoms with Gasteiger partial charge in [0.2, 0.25) is 0 Å². The fourth-order valence-corrected chi connectivity index (χ4v) is 1.32. The van der Waals surface area contributed by atoms with E-state index in [0.29, 0.717) is 12.2 Å². The number of phenolic OH excluding ortho intramolecular Hbond substituents is 1. The van der Waals surface area contributed by atoms with E-state index in [2.05, 4.69) is 11.2 Å². The number of aromatic hydroxyl groups is 1. The Morgan fingerprint density at radius 3 is 2.86 bits per heavy atom. The summed E-state index contributed by atoms with van der Waals surface area (Å²) in [5.74, 6) is 2.89. The molecule has 2 heteroatoms. The van der Waals surface area contributed by atoms with Gasteiger partial charge in [-0.25, -0.2) is 0 Å². The normalized spacial score (nSPS) is 12.0. The molecule has 0 bridgehead atoms. The average Bonchev–Trinajstić information content (AvgIpc) is 2.18. The fourth-order valence-electron chi connectivity index (χ4n) is 1.32. The summed E-state index contributed by atoms with van der Waals surface area (Å²) in [5.41, 5.74) is 0.907. The molecule has 0 aliphatic rings. The molecule has 2 N–H and O–H groups in total. The first kappa shape index (κ1) is 10.6. The zero-order valence-electron chi connectivity index (χ0n) is 8.33. The molecule has 0 aliphatic heterocycles. The molecule has 0 saturated carbocycles. The van der Waals surface area contributed by atoms with Crippen molar-refractivity contribution in [3.8, 4) is 18.1 Å². The lowest BCUT2D eigenvalue weighted by atomic mass is 10.1. The number of benzene rings is 1. The van der Waals surface area contributed by atoms with Gasteiger partial charge in [0.05, 0.1) is 0 Å². The predicted octanol–water partition coefficient (Wildman–Crippen LogP) is 2.07. The molecule has 0 saturated heterocycles. The number of terminal acetylenes is 1. The highest BCUT2D eigenvalue weighted by Gasteiger charge is 2.07. The highest BCUT2D eigenvalue weighted by atomic mass is 16.3. The van der Waals surface area contributed by atoms with Gasteiger partial charge in [-0.3, -0.25) is 0 Å². The molecule has 0 fully saturated rings. The van der Waals surface area contributed by atoms with Crippen molar-refractivity contribution in [1.82, 2.24) is 5.32 Å². The Hall–Kier alpha value is -1.46. The van der Waals surface area contributed by atoms with Gasteiger partial charge in [0.1, 0.15) is 5.75 Å². The molecule has 0 heterocycles. The Morgan fingerprint density at radius 1 is 1.50 bits per heavy atom. The minimum Gasteiger partial charge on any atom is -0.508 e. The van der Waals surface area contributed by atoms with Gasteiger partial charge < -0.3 is 10.4 Å². The average molecular weight is 189 g/mol. The Morgan fingerprint density at radius 2 is 2.21 bits per heavy atom. The van der Waals surface area contributed by atoms with E-state index in [9.17, 15) is 5.11 Å². The van der Waals surface area contributed by atoms with E-state index in [-0.39, 0.29) is 6.04 Å². The van der Waals surface area contributed by atoms with Gasteiger partial charge in [0.25, 0.3) is 0 Å². The maximum atomic E-state index is 9.56. The second-order valence-electron chi connectivity index (χ2n) is 3.19. The van der Waals surface area contributed by atoms with Gasteiger partial charge in [0, 0.05) is 24.6 Å². The molecule has 1 rings (SSSR count). The predicted molar refractivity (Wildman–Crippen MR) is 58.0 cm³/mol. The molecule has 0 aliphatic carbocycles. The summed E-state index contributed by atoms with van der Waals surface area (Å²) >= 11 is 0. The summed E-state index contributed by atoms with van der Waals surface area (Å²) in [6.45, 7) is 2.78. The van der Waals surface area contributed by atoms with Gasteiger partial charge in [-0.2, -0.15) is 0 Å². The van der Waals surface area contributed by atoms with Crippen LogP contribution in [-0.2, 0) is 0 Å². The van der Waals surface area contributed by atoms with E-state index in [4.69, 9.17) is 6.42 Å². The fraction of sp³-hybridized carbons (Fsp3) is 0.333. The zero-order chi connectivity index (χ0) is 10.4. The Bertz CT molecular complexity index is 327. The van der Waals surface area contributed by atoms with Gasteiger partial charge in [-0.05, 0) is 13.0 Å². The Labute approximate surface area is 85.0 Å². The van der Waals surface area contributed by atoms with Crippen LogP contribution in [0.15, 0.2) is 24.3 Å². The third-order valence-corrected chi connectivity index (χ3v) is 2.12. The van der Waals surface area contributed by atoms with Crippen LogP contribution in [0.5, 0.6) is 5.75 Å².